The lowest BCUT2D eigenvalue weighted by Gasteiger charge is -2.26. The highest BCUT2D eigenvalue weighted by Gasteiger charge is 2.28. The highest BCUT2D eigenvalue weighted by molar-refractivity contribution is 6.59. The topological polar surface area (TPSA) is 35.5 Å². The van der Waals surface area contributed by atoms with Crippen LogP contribution in [-0.4, -0.2) is 21.4 Å². The Morgan fingerprint density at radius 2 is 1.71 bits per heavy atom. The van der Waals surface area contributed by atoms with Gasteiger partial charge >= 0.3 is 5.97 Å². The summed E-state index contributed by atoms with van der Waals surface area (Å²) in [5.41, 5.74) is 0. The SMILES string of the molecule is CCCCC[Si@H]1CC[C@H](C(=O)Oc2ccc(OCCC)cc2)CC1. The smallest absolute Gasteiger partial charge is 0.314 e. The highest BCUT2D eigenvalue weighted by atomic mass is 28.3. The van der Waals surface area contributed by atoms with Crippen molar-refractivity contribution >= 4 is 14.8 Å². The number of unbranched alkanes of at least 4 members (excludes halogenated alkanes) is 2. The summed E-state index contributed by atoms with van der Waals surface area (Å²) in [4.78, 5) is 12.4. The van der Waals surface area contributed by atoms with Gasteiger partial charge in [0.1, 0.15) is 11.5 Å². The standard InChI is InChI=1S/C20H32O3Si/c1-3-5-6-14-24-15-11-17(12-16-24)20(21)23-19-9-7-18(8-10-19)22-13-4-2/h7-10,17,24H,3-6,11-16H2,1-2H3/t17-,24-. The highest BCUT2D eigenvalue weighted by Crippen LogP contribution is 2.30. The maximum Gasteiger partial charge on any atom is 0.314 e. The van der Waals surface area contributed by atoms with Gasteiger partial charge in [-0.1, -0.05) is 51.2 Å². The molecular formula is C20H32O3Si. The molecular weight excluding hydrogens is 316 g/mol. The van der Waals surface area contributed by atoms with E-state index in [-0.39, 0.29) is 11.9 Å². The summed E-state index contributed by atoms with van der Waals surface area (Å²) in [6, 6.07) is 11.5. The number of carbonyl (C=O) groups is 1. The first kappa shape index (κ1) is 19.0. The fraction of sp³-hybridized carbons (Fsp3) is 0.650. The van der Waals surface area contributed by atoms with Crippen LogP contribution < -0.4 is 9.47 Å². The molecule has 0 unspecified atom stereocenters. The van der Waals surface area contributed by atoms with Crippen LogP contribution in [0.4, 0.5) is 0 Å². The third-order valence-electron chi connectivity index (χ3n) is 4.91. The van der Waals surface area contributed by atoms with Crippen LogP contribution in [0.2, 0.25) is 18.1 Å². The molecule has 1 aliphatic heterocycles. The largest absolute Gasteiger partial charge is 0.494 e. The van der Waals surface area contributed by atoms with Gasteiger partial charge in [0.2, 0.25) is 0 Å². The monoisotopic (exact) mass is 348 g/mol. The number of esters is 1. The molecule has 24 heavy (non-hydrogen) atoms. The van der Waals surface area contributed by atoms with E-state index in [0.717, 1.165) is 25.0 Å². The molecule has 1 fully saturated rings. The molecule has 0 N–H and O–H groups in total. The van der Waals surface area contributed by atoms with Gasteiger partial charge in [-0.3, -0.25) is 4.79 Å². The Balaban J connectivity index is 1.73. The fourth-order valence-corrected chi connectivity index (χ4v) is 6.87. The molecule has 0 bridgehead atoms. The summed E-state index contributed by atoms with van der Waals surface area (Å²) >= 11 is 0. The second kappa shape index (κ2) is 10.5. The maximum absolute atomic E-state index is 12.4. The van der Waals surface area contributed by atoms with Crippen LogP contribution in [0.5, 0.6) is 11.5 Å². The molecule has 1 aliphatic rings. The molecule has 2 rings (SSSR count). The van der Waals surface area contributed by atoms with Crippen molar-refractivity contribution in [2.24, 2.45) is 5.92 Å². The van der Waals surface area contributed by atoms with Gasteiger partial charge in [0, 0.05) is 8.80 Å². The van der Waals surface area contributed by atoms with Crippen molar-refractivity contribution in [2.45, 2.75) is 70.5 Å². The van der Waals surface area contributed by atoms with Crippen LogP contribution in [0.1, 0.15) is 52.4 Å². The minimum absolute atomic E-state index is 0.0433. The normalized spacial score (nSPS) is 20.6. The van der Waals surface area contributed by atoms with Gasteiger partial charge in [-0.15, -0.1) is 0 Å². The average molecular weight is 349 g/mol. The fourth-order valence-electron chi connectivity index (χ4n) is 3.39. The molecule has 1 heterocycles. The first-order valence-corrected chi connectivity index (χ1v) is 12.1. The zero-order valence-corrected chi connectivity index (χ0v) is 16.4. The van der Waals surface area contributed by atoms with Crippen molar-refractivity contribution < 1.29 is 14.3 Å². The van der Waals surface area contributed by atoms with Crippen LogP contribution >= 0.6 is 0 Å². The van der Waals surface area contributed by atoms with E-state index in [1.807, 2.05) is 24.3 Å². The summed E-state index contributed by atoms with van der Waals surface area (Å²) in [6.07, 6.45) is 7.14. The molecule has 0 aliphatic carbocycles. The molecule has 134 valence electrons. The van der Waals surface area contributed by atoms with Crippen molar-refractivity contribution in [1.29, 1.82) is 0 Å². The van der Waals surface area contributed by atoms with Gasteiger partial charge < -0.3 is 9.47 Å². The van der Waals surface area contributed by atoms with Crippen LogP contribution in [0, 0.1) is 5.92 Å². The summed E-state index contributed by atoms with van der Waals surface area (Å²) < 4.78 is 11.1. The Kier molecular flexibility index (Phi) is 8.37. The Hall–Kier alpha value is -1.29. The molecule has 4 heteroatoms. The number of carbonyl (C=O) groups excluding carboxylic acids is 1. The van der Waals surface area contributed by atoms with Gasteiger partial charge in [0.15, 0.2) is 0 Å². The van der Waals surface area contributed by atoms with E-state index >= 15 is 0 Å². The average Bonchev–Trinajstić information content (AvgIpc) is 2.62. The van der Waals surface area contributed by atoms with E-state index in [1.165, 1.54) is 37.4 Å². The molecule has 0 amide bonds. The predicted octanol–water partition coefficient (Wildman–Crippen LogP) is 5.21. The lowest BCUT2D eigenvalue weighted by Crippen LogP contribution is -2.28. The predicted molar refractivity (Wildman–Crippen MR) is 102 cm³/mol. The van der Waals surface area contributed by atoms with E-state index in [4.69, 9.17) is 9.47 Å². The van der Waals surface area contributed by atoms with Gasteiger partial charge in [-0.25, -0.2) is 0 Å². The third-order valence-corrected chi connectivity index (χ3v) is 8.44. The van der Waals surface area contributed by atoms with Crippen molar-refractivity contribution in [3.8, 4) is 11.5 Å². The molecule has 1 saturated heterocycles. The number of hydrogen-bond acceptors (Lipinski definition) is 3. The minimum atomic E-state index is -0.565. The second-order valence-corrected chi connectivity index (χ2v) is 10.4. The quantitative estimate of drug-likeness (QED) is 0.266. The molecule has 0 spiro atoms. The number of hydrogen-bond donors (Lipinski definition) is 0. The molecule has 3 nitrogen and oxygen atoms in total. The van der Waals surface area contributed by atoms with Crippen molar-refractivity contribution in [3.05, 3.63) is 24.3 Å². The van der Waals surface area contributed by atoms with E-state index in [2.05, 4.69) is 13.8 Å². The molecule has 1 aromatic carbocycles. The van der Waals surface area contributed by atoms with Crippen molar-refractivity contribution in [3.63, 3.8) is 0 Å². The van der Waals surface area contributed by atoms with Gasteiger partial charge in [-0.05, 0) is 43.5 Å². The third kappa shape index (κ3) is 6.31. The van der Waals surface area contributed by atoms with E-state index in [0.29, 0.717) is 12.4 Å². The zero-order chi connectivity index (χ0) is 17.2. The molecule has 0 aromatic heterocycles. The Morgan fingerprint density at radius 3 is 2.33 bits per heavy atom. The molecule has 0 atom stereocenters. The van der Waals surface area contributed by atoms with Crippen molar-refractivity contribution in [2.75, 3.05) is 6.61 Å². The summed E-state index contributed by atoms with van der Waals surface area (Å²) in [7, 11) is -0.565. The van der Waals surface area contributed by atoms with Crippen LogP contribution in [-0.2, 0) is 4.79 Å². The lowest BCUT2D eigenvalue weighted by atomic mass is 10.0. The molecule has 0 saturated carbocycles. The van der Waals surface area contributed by atoms with Gasteiger partial charge in [0.05, 0.1) is 12.5 Å². The zero-order valence-electron chi connectivity index (χ0n) is 15.3. The van der Waals surface area contributed by atoms with Crippen LogP contribution in [0.3, 0.4) is 0 Å². The first-order chi connectivity index (χ1) is 11.7. The van der Waals surface area contributed by atoms with E-state index < -0.39 is 8.80 Å². The summed E-state index contributed by atoms with van der Waals surface area (Å²) in [6.45, 7) is 5.05. The van der Waals surface area contributed by atoms with Crippen LogP contribution in [0.25, 0.3) is 0 Å². The minimum Gasteiger partial charge on any atom is -0.494 e. The number of benzene rings is 1. The van der Waals surface area contributed by atoms with Crippen LogP contribution in [0.15, 0.2) is 24.3 Å². The number of rotatable bonds is 9. The Morgan fingerprint density at radius 1 is 1.04 bits per heavy atom. The Labute approximate surface area is 148 Å². The van der Waals surface area contributed by atoms with Gasteiger partial charge in [0.25, 0.3) is 0 Å². The lowest BCUT2D eigenvalue weighted by molar-refractivity contribution is -0.139. The Bertz CT molecular complexity index is 478. The van der Waals surface area contributed by atoms with E-state index in [9.17, 15) is 4.79 Å². The maximum atomic E-state index is 12.4. The van der Waals surface area contributed by atoms with Gasteiger partial charge in [-0.2, -0.15) is 0 Å². The van der Waals surface area contributed by atoms with E-state index in [1.54, 1.807) is 0 Å². The first-order valence-electron chi connectivity index (χ1n) is 9.67. The second-order valence-electron chi connectivity index (χ2n) is 6.95. The summed E-state index contributed by atoms with van der Waals surface area (Å²) in [5.74, 6) is 1.52. The summed E-state index contributed by atoms with van der Waals surface area (Å²) in [5, 5.41) is 0. The van der Waals surface area contributed by atoms with Crippen molar-refractivity contribution in [1.82, 2.24) is 0 Å². The number of ether oxygens (including phenoxy) is 2. The molecule has 1 aromatic rings. The molecule has 0 radical (unpaired) electrons.